The van der Waals surface area contributed by atoms with Gasteiger partial charge in [-0.3, -0.25) is 9.79 Å². The van der Waals surface area contributed by atoms with Crippen molar-refractivity contribution in [2.75, 3.05) is 39.4 Å². The number of nitrogens with zero attached hydrogens (tertiary/aromatic N) is 1. The Morgan fingerprint density at radius 3 is 2.31 bits per heavy atom. The molecule has 26 heavy (non-hydrogen) atoms. The molecule has 0 radical (unpaired) electrons. The summed E-state index contributed by atoms with van der Waals surface area (Å²) >= 11 is 0. The van der Waals surface area contributed by atoms with Crippen LogP contribution in [0.1, 0.15) is 66.7 Å². The van der Waals surface area contributed by atoms with Crippen molar-refractivity contribution in [1.82, 2.24) is 16.0 Å². The van der Waals surface area contributed by atoms with E-state index in [2.05, 4.69) is 27.9 Å². The van der Waals surface area contributed by atoms with Gasteiger partial charge in [0.1, 0.15) is 0 Å². The molecule has 0 aromatic carbocycles. The Labute approximate surface area is 159 Å². The van der Waals surface area contributed by atoms with E-state index in [9.17, 15) is 4.79 Å². The second-order valence-corrected chi connectivity index (χ2v) is 7.95. The number of aliphatic imine (C=N–C) groups is 1. The highest BCUT2D eigenvalue weighted by Crippen LogP contribution is 2.40. The van der Waals surface area contributed by atoms with Gasteiger partial charge < -0.3 is 20.7 Å². The Morgan fingerprint density at radius 1 is 1.08 bits per heavy atom. The topological polar surface area (TPSA) is 74.8 Å². The largest absolute Gasteiger partial charge is 0.382 e. The number of carbonyl (C=O) groups is 1. The second kappa shape index (κ2) is 11.4. The monoisotopic (exact) mass is 368 g/mol. The number of rotatable bonds is 11. The van der Waals surface area contributed by atoms with Gasteiger partial charge in [-0.05, 0) is 59.3 Å². The third-order valence-corrected chi connectivity index (χ3v) is 5.20. The van der Waals surface area contributed by atoms with Crippen molar-refractivity contribution in [2.24, 2.45) is 15.8 Å². The van der Waals surface area contributed by atoms with Crippen LogP contribution in [0.5, 0.6) is 0 Å². The molecule has 0 spiro atoms. The number of carbonyl (C=O) groups excluding carboxylic acids is 1. The molecular formula is C20H40N4O2. The number of amides is 1. The third-order valence-electron chi connectivity index (χ3n) is 5.20. The van der Waals surface area contributed by atoms with Crippen molar-refractivity contribution < 1.29 is 9.53 Å². The van der Waals surface area contributed by atoms with E-state index in [1.807, 2.05) is 27.7 Å². The average molecular weight is 369 g/mol. The van der Waals surface area contributed by atoms with E-state index in [-0.39, 0.29) is 5.91 Å². The molecule has 0 aliphatic heterocycles. The van der Waals surface area contributed by atoms with Gasteiger partial charge in [-0.2, -0.15) is 0 Å². The van der Waals surface area contributed by atoms with Crippen LogP contribution in [-0.4, -0.2) is 51.3 Å². The molecule has 3 N–H and O–H groups in total. The molecule has 1 aliphatic carbocycles. The van der Waals surface area contributed by atoms with Gasteiger partial charge in [0.15, 0.2) is 5.96 Å². The second-order valence-electron chi connectivity index (χ2n) is 7.95. The number of nitrogens with one attached hydrogen (secondary N) is 3. The fraction of sp³-hybridized carbons (Fsp3) is 0.900. The maximum absolute atomic E-state index is 12.2. The predicted octanol–water partition coefficient (Wildman–Crippen LogP) is 2.69. The smallest absolute Gasteiger partial charge is 0.227 e. The maximum atomic E-state index is 12.2. The van der Waals surface area contributed by atoms with Gasteiger partial charge in [-0.25, -0.2) is 0 Å². The Hall–Kier alpha value is -1.30. The SMILES string of the molecule is CCNC(=O)C(C)(C)CN=C(NCC)NCC1(CCOCC)CCCC1. The molecule has 0 aromatic rings. The van der Waals surface area contributed by atoms with E-state index in [4.69, 9.17) is 4.74 Å². The molecule has 152 valence electrons. The van der Waals surface area contributed by atoms with Crippen molar-refractivity contribution in [3.05, 3.63) is 0 Å². The summed E-state index contributed by atoms with van der Waals surface area (Å²) in [6.45, 7) is 14.3. The lowest BCUT2D eigenvalue weighted by molar-refractivity contribution is -0.128. The van der Waals surface area contributed by atoms with E-state index < -0.39 is 5.41 Å². The fourth-order valence-corrected chi connectivity index (χ4v) is 3.43. The summed E-state index contributed by atoms with van der Waals surface area (Å²) in [5.41, 5.74) is -0.209. The van der Waals surface area contributed by atoms with Gasteiger partial charge in [0.2, 0.25) is 5.91 Å². The molecule has 0 aromatic heterocycles. The van der Waals surface area contributed by atoms with E-state index in [1.54, 1.807) is 0 Å². The summed E-state index contributed by atoms with van der Waals surface area (Å²) in [7, 11) is 0. The van der Waals surface area contributed by atoms with E-state index in [0.717, 1.165) is 38.7 Å². The standard InChI is InChI=1S/C20H40N4O2/c1-6-21-17(25)19(4,5)15-23-18(22-7-2)24-16-20(11-9-10-12-20)13-14-26-8-3/h6-16H2,1-5H3,(H,21,25)(H2,22,23,24). The van der Waals surface area contributed by atoms with Gasteiger partial charge >= 0.3 is 0 Å². The van der Waals surface area contributed by atoms with Crippen molar-refractivity contribution in [2.45, 2.75) is 66.7 Å². The molecule has 1 fully saturated rings. The minimum atomic E-state index is -0.516. The van der Waals surface area contributed by atoms with Crippen molar-refractivity contribution >= 4 is 11.9 Å². The lowest BCUT2D eigenvalue weighted by Crippen LogP contribution is -2.45. The first-order valence-electron chi connectivity index (χ1n) is 10.3. The molecule has 0 heterocycles. The Balaban J connectivity index is 2.66. The van der Waals surface area contributed by atoms with Gasteiger partial charge in [0.25, 0.3) is 0 Å². The minimum absolute atomic E-state index is 0.0450. The molecule has 1 aliphatic rings. The molecule has 6 nitrogen and oxygen atoms in total. The first-order valence-corrected chi connectivity index (χ1v) is 10.3. The van der Waals surface area contributed by atoms with Crippen molar-refractivity contribution in [3.8, 4) is 0 Å². The Kier molecular flexibility index (Phi) is 9.99. The normalized spacial score (nSPS) is 17.2. The Morgan fingerprint density at radius 2 is 1.73 bits per heavy atom. The number of hydrogen-bond donors (Lipinski definition) is 3. The summed E-state index contributed by atoms with van der Waals surface area (Å²) in [6.07, 6.45) is 6.18. The molecule has 1 amide bonds. The van der Waals surface area contributed by atoms with Crippen LogP contribution in [0.3, 0.4) is 0 Å². The average Bonchev–Trinajstić information content (AvgIpc) is 3.07. The van der Waals surface area contributed by atoms with Crippen LogP contribution < -0.4 is 16.0 Å². The van der Waals surface area contributed by atoms with E-state index in [0.29, 0.717) is 18.5 Å². The minimum Gasteiger partial charge on any atom is -0.382 e. The zero-order valence-electron chi connectivity index (χ0n) is 17.5. The van der Waals surface area contributed by atoms with Crippen LogP contribution in [0, 0.1) is 10.8 Å². The summed E-state index contributed by atoms with van der Waals surface area (Å²) in [5, 5.41) is 9.73. The zero-order valence-corrected chi connectivity index (χ0v) is 17.5. The van der Waals surface area contributed by atoms with Gasteiger partial charge in [0.05, 0.1) is 12.0 Å². The zero-order chi connectivity index (χ0) is 19.5. The first kappa shape index (κ1) is 22.7. The van der Waals surface area contributed by atoms with Crippen LogP contribution in [0.2, 0.25) is 0 Å². The fourth-order valence-electron chi connectivity index (χ4n) is 3.43. The van der Waals surface area contributed by atoms with Crippen molar-refractivity contribution in [3.63, 3.8) is 0 Å². The summed E-state index contributed by atoms with van der Waals surface area (Å²) in [6, 6.07) is 0. The summed E-state index contributed by atoms with van der Waals surface area (Å²) < 4.78 is 5.60. The highest BCUT2D eigenvalue weighted by atomic mass is 16.5. The number of hydrogen-bond acceptors (Lipinski definition) is 3. The number of ether oxygens (including phenoxy) is 1. The molecule has 1 rings (SSSR count). The van der Waals surface area contributed by atoms with Crippen LogP contribution >= 0.6 is 0 Å². The van der Waals surface area contributed by atoms with E-state index in [1.165, 1.54) is 25.7 Å². The molecule has 6 heteroatoms. The van der Waals surface area contributed by atoms with Gasteiger partial charge in [0, 0.05) is 32.8 Å². The highest BCUT2D eigenvalue weighted by molar-refractivity contribution is 5.83. The molecule has 0 saturated heterocycles. The third kappa shape index (κ3) is 7.52. The Bertz CT molecular complexity index is 443. The molecule has 0 bridgehead atoms. The highest BCUT2D eigenvalue weighted by Gasteiger charge is 2.33. The van der Waals surface area contributed by atoms with E-state index >= 15 is 0 Å². The van der Waals surface area contributed by atoms with Crippen LogP contribution in [0.25, 0.3) is 0 Å². The first-order chi connectivity index (χ1) is 12.4. The van der Waals surface area contributed by atoms with Crippen molar-refractivity contribution in [1.29, 1.82) is 0 Å². The summed E-state index contributed by atoms with van der Waals surface area (Å²) in [4.78, 5) is 16.8. The molecule has 0 atom stereocenters. The lowest BCUT2D eigenvalue weighted by Gasteiger charge is -2.30. The number of guanidine groups is 1. The maximum Gasteiger partial charge on any atom is 0.227 e. The molecule has 1 saturated carbocycles. The predicted molar refractivity (Wildman–Crippen MR) is 108 cm³/mol. The molecule has 0 unspecified atom stereocenters. The van der Waals surface area contributed by atoms with Crippen LogP contribution in [0.4, 0.5) is 0 Å². The van der Waals surface area contributed by atoms with Gasteiger partial charge in [-0.15, -0.1) is 0 Å². The quantitative estimate of drug-likeness (QED) is 0.298. The van der Waals surface area contributed by atoms with Crippen LogP contribution in [-0.2, 0) is 9.53 Å². The molecular weight excluding hydrogens is 328 g/mol. The lowest BCUT2D eigenvalue weighted by atomic mass is 9.83. The summed E-state index contributed by atoms with van der Waals surface area (Å²) in [5.74, 6) is 0.844. The van der Waals surface area contributed by atoms with Crippen LogP contribution in [0.15, 0.2) is 4.99 Å². The van der Waals surface area contributed by atoms with Gasteiger partial charge in [-0.1, -0.05) is 12.8 Å².